The number of aryl methyl sites for hydroxylation is 2. The minimum absolute atomic E-state index is 0.191. The van der Waals surface area contributed by atoms with Gasteiger partial charge in [-0.1, -0.05) is 39.3 Å². The average Bonchev–Trinajstić information content (AvgIpc) is 3.04. The number of rotatable bonds is 14. The molecule has 44 heavy (non-hydrogen) atoms. The predicted octanol–water partition coefficient (Wildman–Crippen LogP) is 7.38. The number of anilines is 2. The van der Waals surface area contributed by atoms with Crippen LogP contribution in [-0.2, 0) is 6.54 Å². The molecule has 1 aromatic carbocycles. The molecule has 9 nitrogen and oxygen atoms in total. The lowest BCUT2D eigenvalue weighted by Gasteiger charge is -2.20. The Kier molecular flexibility index (Phi) is 12.1. The largest absolute Gasteiger partial charge is 0.492 e. The number of benzene rings is 1. The number of urea groups is 1. The molecule has 4 rings (SSSR count). The zero-order valence-corrected chi connectivity index (χ0v) is 28.0. The minimum atomic E-state index is -0.517. The van der Waals surface area contributed by atoms with Gasteiger partial charge in [-0.25, -0.2) is 14.8 Å². The third-order valence-corrected chi connectivity index (χ3v) is 8.86. The molecular formula is C33H42N6O3S2. The number of hydrogen-bond donors (Lipinski definition) is 2. The fourth-order valence-electron chi connectivity index (χ4n) is 5.09. The van der Waals surface area contributed by atoms with Crippen molar-refractivity contribution in [1.82, 2.24) is 19.4 Å². The Morgan fingerprint density at radius 2 is 1.80 bits per heavy atom. The second-order valence-electron chi connectivity index (χ2n) is 10.3. The molecule has 0 spiro atoms. The number of carbonyl (C=O) groups excluding carboxylic acids is 1. The molecule has 3 heterocycles. The Labute approximate surface area is 268 Å². The van der Waals surface area contributed by atoms with Crippen LogP contribution in [0.1, 0.15) is 39.3 Å². The van der Waals surface area contributed by atoms with E-state index in [9.17, 15) is 9.59 Å². The molecule has 0 fully saturated rings. The number of likely N-dealkylation sites (N-methyl/N-ethyl adjacent to an activating group) is 1. The van der Waals surface area contributed by atoms with E-state index in [0.717, 1.165) is 54.0 Å². The van der Waals surface area contributed by atoms with Gasteiger partial charge in [0.15, 0.2) is 0 Å². The van der Waals surface area contributed by atoms with Crippen LogP contribution in [0.15, 0.2) is 63.4 Å². The third-order valence-electron chi connectivity index (χ3n) is 7.42. The second kappa shape index (κ2) is 16.0. The van der Waals surface area contributed by atoms with Crippen molar-refractivity contribution in [3.05, 3.63) is 64.7 Å². The number of thioether (sulfide) groups is 2. The lowest BCUT2D eigenvalue weighted by atomic mass is 10.00. The van der Waals surface area contributed by atoms with Gasteiger partial charge in [0.25, 0.3) is 5.56 Å². The molecule has 4 aromatic rings. The number of amides is 2. The smallest absolute Gasteiger partial charge is 0.323 e. The standard InChI is InChI=1S/C33H42N6O3S2/c1-7-10-17-39-30-25(15-12-16-34-30)27(23-13-11-14-24(21-23)42-19-18-38(8-2)9-3)29(32(39)40)37-33(41)36-28-26(43-5)20-22(4)35-31(28)44-6/h11-16,20-21H,7-10,17-19H2,1-6H3,(H2,36,37,41). The van der Waals surface area contributed by atoms with Crippen LogP contribution >= 0.6 is 23.5 Å². The molecule has 0 radical (unpaired) electrons. The molecule has 0 atom stereocenters. The van der Waals surface area contributed by atoms with E-state index < -0.39 is 6.03 Å². The summed E-state index contributed by atoms with van der Waals surface area (Å²) >= 11 is 2.99. The van der Waals surface area contributed by atoms with Crippen molar-refractivity contribution in [3.63, 3.8) is 0 Å². The maximum absolute atomic E-state index is 14.2. The molecule has 234 valence electrons. The van der Waals surface area contributed by atoms with E-state index in [1.165, 1.54) is 23.5 Å². The van der Waals surface area contributed by atoms with Gasteiger partial charge in [-0.3, -0.25) is 9.36 Å². The van der Waals surface area contributed by atoms with Gasteiger partial charge in [-0.15, -0.1) is 23.5 Å². The lowest BCUT2D eigenvalue weighted by Crippen LogP contribution is -2.30. The van der Waals surface area contributed by atoms with E-state index in [1.54, 1.807) is 10.8 Å². The van der Waals surface area contributed by atoms with Gasteiger partial charge in [-0.2, -0.15) is 0 Å². The number of ether oxygens (including phenoxy) is 1. The molecule has 0 saturated heterocycles. The van der Waals surface area contributed by atoms with Crippen LogP contribution in [0.2, 0.25) is 0 Å². The van der Waals surface area contributed by atoms with Crippen molar-refractivity contribution >= 4 is 52.0 Å². The highest BCUT2D eigenvalue weighted by atomic mass is 32.2. The molecule has 0 aliphatic rings. The van der Waals surface area contributed by atoms with E-state index in [-0.39, 0.29) is 11.2 Å². The molecule has 0 bridgehead atoms. The monoisotopic (exact) mass is 634 g/mol. The number of nitrogens with zero attached hydrogens (tertiary/aromatic N) is 4. The molecule has 0 aliphatic heterocycles. The number of pyridine rings is 3. The summed E-state index contributed by atoms with van der Waals surface area (Å²) in [6, 6.07) is 12.9. The number of hydrogen-bond acceptors (Lipinski definition) is 8. The molecule has 0 unspecified atom stereocenters. The number of aromatic nitrogens is 3. The van der Waals surface area contributed by atoms with Crippen molar-refractivity contribution in [2.24, 2.45) is 0 Å². The van der Waals surface area contributed by atoms with Crippen LogP contribution < -0.4 is 20.9 Å². The van der Waals surface area contributed by atoms with Gasteiger partial charge in [-0.05, 0) is 74.8 Å². The van der Waals surface area contributed by atoms with Gasteiger partial charge < -0.3 is 20.3 Å². The van der Waals surface area contributed by atoms with E-state index >= 15 is 0 Å². The van der Waals surface area contributed by atoms with E-state index in [2.05, 4.69) is 46.3 Å². The van der Waals surface area contributed by atoms with E-state index in [4.69, 9.17) is 4.74 Å². The Balaban J connectivity index is 1.81. The first-order chi connectivity index (χ1) is 21.3. The number of nitrogens with one attached hydrogen (secondary N) is 2. The summed E-state index contributed by atoms with van der Waals surface area (Å²) < 4.78 is 7.79. The maximum atomic E-state index is 14.2. The second-order valence-corrected chi connectivity index (χ2v) is 11.9. The Morgan fingerprint density at radius 3 is 2.50 bits per heavy atom. The van der Waals surface area contributed by atoms with Crippen molar-refractivity contribution in [3.8, 4) is 16.9 Å². The first kappa shape index (κ1) is 33.4. The van der Waals surface area contributed by atoms with Crippen molar-refractivity contribution in [1.29, 1.82) is 0 Å². The summed E-state index contributed by atoms with van der Waals surface area (Å²) in [4.78, 5) is 40.3. The first-order valence-electron chi connectivity index (χ1n) is 15.0. The molecule has 11 heteroatoms. The summed E-state index contributed by atoms with van der Waals surface area (Å²) in [5.41, 5.74) is 3.31. The van der Waals surface area contributed by atoms with Crippen LogP contribution in [0.4, 0.5) is 16.2 Å². The third kappa shape index (κ3) is 7.75. The van der Waals surface area contributed by atoms with E-state index in [0.29, 0.717) is 40.8 Å². The summed E-state index contributed by atoms with van der Waals surface area (Å²) in [6.07, 6.45) is 7.29. The fraction of sp³-hybridized carbons (Fsp3) is 0.394. The molecule has 0 aliphatic carbocycles. The summed E-state index contributed by atoms with van der Waals surface area (Å²) in [5, 5.41) is 7.41. The molecule has 2 amide bonds. The normalized spacial score (nSPS) is 11.2. The molecule has 3 aromatic heterocycles. The SMILES string of the molecule is CCCCn1c(=O)c(NC(=O)Nc2c(SC)cc(C)nc2SC)c(-c2cccc(OCCN(CC)CC)c2)c2cccnc21. The summed E-state index contributed by atoms with van der Waals surface area (Å²) in [6.45, 7) is 12.0. The molecular weight excluding hydrogens is 593 g/mol. The fourth-order valence-corrected chi connectivity index (χ4v) is 6.40. The van der Waals surface area contributed by atoms with Crippen molar-refractivity contribution < 1.29 is 9.53 Å². The first-order valence-corrected chi connectivity index (χ1v) is 17.4. The average molecular weight is 635 g/mol. The molecule has 0 saturated carbocycles. The van der Waals surface area contributed by atoms with Gasteiger partial charge in [0, 0.05) is 40.8 Å². The van der Waals surface area contributed by atoms with Gasteiger partial charge in [0.05, 0.1) is 5.69 Å². The van der Waals surface area contributed by atoms with Crippen LogP contribution in [0.3, 0.4) is 0 Å². The quantitative estimate of drug-likeness (QED) is 0.139. The van der Waals surface area contributed by atoms with Crippen LogP contribution in [0, 0.1) is 6.92 Å². The highest BCUT2D eigenvalue weighted by Gasteiger charge is 2.22. The van der Waals surface area contributed by atoms with Gasteiger partial charge >= 0.3 is 6.03 Å². The topological polar surface area (TPSA) is 101 Å². The number of unbranched alkanes of at least 4 members (excludes halogenated alkanes) is 1. The number of fused-ring (bicyclic) bond motifs is 1. The highest BCUT2D eigenvalue weighted by molar-refractivity contribution is 7.99. The van der Waals surface area contributed by atoms with Crippen LogP contribution in [0.25, 0.3) is 22.2 Å². The highest BCUT2D eigenvalue weighted by Crippen LogP contribution is 2.36. The van der Waals surface area contributed by atoms with E-state index in [1.807, 2.05) is 61.9 Å². The van der Waals surface area contributed by atoms with Crippen LogP contribution in [-0.4, -0.2) is 64.2 Å². The van der Waals surface area contributed by atoms with Crippen molar-refractivity contribution in [2.75, 3.05) is 49.4 Å². The van der Waals surface area contributed by atoms with Gasteiger partial charge in [0.2, 0.25) is 0 Å². The Hall–Kier alpha value is -3.54. The zero-order chi connectivity index (χ0) is 31.6. The zero-order valence-electron chi connectivity index (χ0n) is 26.4. The lowest BCUT2D eigenvalue weighted by molar-refractivity contribution is 0.223. The molecule has 2 N–H and O–H groups in total. The Bertz CT molecular complexity index is 1630. The Morgan fingerprint density at radius 1 is 1.02 bits per heavy atom. The minimum Gasteiger partial charge on any atom is -0.492 e. The maximum Gasteiger partial charge on any atom is 0.323 e. The van der Waals surface area contributed by atoms with Crippen molar-refractivity contribution in [2.45, 2.75) is 57.0 Å². The van der Waals surface area contributed by atoms with Crippen LogP contribution in [0.5, 0.6) is 5.75 Å². The number of carbonyl (C=O) groups is 1. The van der Waals surface area contributed by atoms with Gasteiger partial charge in [0.1, 0.15) is 28.7 Å². The predicted molar refractivity (Wildman–Crippen MR) is 185 cm³/mol. The summed E-state index contributed by atoms with van der Waals surface area (Å²) in [7, 11) is 0. The summed E-state index contributed by atoms with van der Waals surface area (Å²) in [5.74, 6) is 0.692.